The monoisotopic (exact) mass is 547 g/mol. The third-order valence-corrected chi connectivity index (χ3v) is 9.94. The number of benzene rings is 1. The second kappa shape index (κ2) is 8.96. The Bertz CT molecular complexity index is 1420. The largest absolute Gasteiger partial charge is 0.489 e. The average Bonchev–Trinajstić information content (AvgIpc) is 3.56. The Morgan fingerprint density at radius 2 is 1.89 bits per heavy atom. The average molecular weight is 548 g/mol. The Balaban J connectivity index is 1.69. The summed E-state index contributed by atoms with van der Waals surface area (Å²) in [5.74, 6) is -0.111. The Morgan fingerprint density at radius 1 is 1.19 bits per heavy atom. The lowest BCUT2D eigenvalue weighted by Crippen LogP contribution is -2.49. The van der Waals surface area contributed by atoms with Crippen LogP contribution in [0.2, 0.25) is 0 Å². The number of hydrogen-bond donors (Lipinski definition) is 2. The van der Waals surface area contributed by atoms with Crippen LogP contribution in [-0.4, -0.2) is 73.0 Å². The fourth-order valence-corrected chi connectivity index (χ4v) is 7.36. The van der Waals surface area contributed by atoms with Crippen molar-refractivity contribution in [3.63, 3.8) is 0 Å². The van der Waals surface area contributed by atoms with Crippen LogP contribution in [0.25, 0.3) is 0 Å². The number of hydrogen-bond acceptors (Lipinski definition) is 9. The van der Waals surface area contributed by atoms with Gasteiger partial charge in [-0.05, 0) is 43.2 Å². The lowest BCUT2D eigenvalue weighted by atomic mass is 10.1. The van der Waals surface area contributed by atoms with Gasteiger partial charge in [0.05, 0.1) is 29.9 Å². The van der Waals surface area contributed by atoms with Gasteiger partial charge in [-0.15, -0.1) is 0 Å². The zero-order chi connectivity index (χ0) is 26.5. The van der Waals surface area contributed by atoms with Gasteiger partial charge < -0.3 is 14.9 Å². The minimum absolute atomic E-state index is 0.111. The number of rotatable bonds is 7. The lowest BCUT2D eigenvalue weighted by Gasteiger charge is -2.26. The van der Waals surface area contributed by atoms with Crippen molar-refractivity contribution >= 4 is 19.9 Å². The smallest absolute Gasteiger partial charge is 0.417 e. The number of sulfone groups is 1. The van der Waals surface area contributed by atoms with Crippen molar-refractivity contribution < 1.29 is 45.0 Å². The number of aliphatic hydroxyl groups excluding tert-OH is 1. The normalized spacial score (nSPS) is 23.4. The summed E-state index contributed by atoms with van der Waals surface area (Å²) in [5.41, 5.74) is -3.54. The van der Waals surface area contributed by atoms with Gasteiger partial charge in [-0.2, -0.15) is 22.7 Å². The van der Waals surface area contributed by atoms with E-state index in [0.29, 0.717) is 35.5 Å². The molecule has 0 radical (unpaired) electrons. The first kappa shape index (κ1) is 26.3. The van der Waals surface area contributed by atoms with Gasteiger partial charge in [0.15, 0.2) is 5.03 Å². The highest BCUT2D eigenvalue weighted by Gasteiger charge is 2.56. The molecule has 2 aliphatic rings. The van der Waals surface area contributed by atoms with Crippen molar-refractivity contribution in [1.29, 1.82) is 5.26 Å². The van der Waals surface area contributed by atoms with E-state index in [4.69, 9.17) is 10.00 Å². The third-order valence-electron chi connectivity index (χ3n) is 5.93. The molecular weight excluding hydrogens is 527 g/mol. The number of alkyl halides is 3. The quantitative estimate of drug-likeness (QED) is 0.518. The first-order chi connectivity index (χ1) is 16.7. The van der Waals surface area contributed by atoms with Crippen molar-refractivity contribution in [2.75, 3.05) is 19.7 Å². The molecule has 2 N–H and O–H groups in total. The SMILES string of the molecule is N#Cc1ccc(S(=O)(=O)N2CC(S(=O)(=O)c3ccc(C(F)(F)F)cn3)[C@](O)(CO)C2)c(OC2CC2)c1. The minimum atomic E-state index is -4.76. The highest BCUT2D eigenvalue weighted by molar-refractivity contribution is 7.92. The molecule has 0 amide bonds. The van der Waals surface area contributed by atoms with Gasteiger partial charge in [-0.25, -0.2) is 21.8 Å². The molecule has 1 aromatic heterocycles. The zero-order valence-electron chi connectivity index (χ0n) is 18.4. The maximum Gasteiger partial charge on any atom is 0.417 e. The van der Waals surface area contributed by atoms with E-state index in [0.717, 1.165) is 6.07 Å². The first-order valence-corrected chi connectivity index (χ1v) is 13.5. The van der Waals surface area contributed by atoms with Gasteiger partial charge in [0.2, 0.25) is 19.9 Å². The van der Waals surface area contributed by atoms with Crippen molar-refractivity contribution in [2.45, 2.75) is 45.9 Å². The predicted octanol–water partition coefficient (Wildman–Crippen LogP) is 1.08. The second-order valence-electron chi connectivity index (χ2n) is 8.57. The molecule has 2 fully saturated rings. The molecule has 1 saturated heterocycles. The molecule has 1 aliphatic heterocycles. The molecule has 2 heterocycles. The Hall–Kier alpha value is -2.77. The van der Waals surface area contributed by atoms with Crippen LogP contribution in [0.3, 0.4) is 0 Å². The van der Waals surface area contributed by atoms with E-state index >= 15 is 0 Å². The zero-order valence-corrected chi connectivity index (χ0v) is 20.0. The van der Waals surface area contributed by atoms with Crippen LogP contribution >= 0.6 is 0 Å². The Morgan fingerprint density at radius 3 is 2.42 bits per heavy atom. The Labute approximate surface area is 204 Å². The van der Waals surface area contributed by atoms with Crippen LogP contribution in [0.4, 0.5) is 13.2 Å². The summed E-state index contributed by atoms with van der Waals surface area (Å²) in [6.45, 7) is -2.78. The minimum Gasteiger partial charge on any atom is -0.489 e. The van der Waals surface area contributed by atoms with Crippen LogP contribution in [0.1, 0.15) is 24.0 Å². The number of ether oxygens (including phenoxy) is 1. The second-order valence-corrected chi connectivity index (χ2v) is 12.5. The highest BCUT2D eigenvalue weighted by atomic mass is 32.2. The third kappa shape index (κ3) is 4.78. The fourth-order valence-electron chi connectivity index (χ4n) is 3.80. The van der Waals surface area contributed by atoms with Gasteiger partial charge in [0.25, 0.3) is 0 Å². The molecule has 36 heavy (non-hydrogen) atoms. The van der Waals surface area contributed by atoms with E-state index in [2.05, 4.69) is 4.98 Å². The summed E-state index contributed by atoms with van der Waals surface area (Å²) in [6, 6.07) is 6.58. The van der Waals surface area contributed by atoms with Gasteiger partial charge in [-0.1, -0.05) is 0 Å². The first-order valence-electron chi connectivity index (χ1n) is 10.5. The number of aliphatic hydroxyl groups is 2. The molecule has 1 unspecified atom stereocenters. The molecule has 15 heteroatoms. The van der Waals surface area contributed by atoms with Gasteiger partial charge in [0.1, 0.15) is 21.5 Å². The number of sulfonamides is 1. The van der Waals surface area contributed by atoms with Gasteiger partial charge in [0, 0.05) is 19.3 Å². The van der Waals surface area contributed by atoms with E-state index in [1.807, 2.05) is 6.07 Å². The molecule has 194 valence electrons. The molecule has 1 saturated carbocycles. The van der Waals surface area contributed by atoms with E-state index < -0.39 is 67.2 Å². The number of nitriles is 1. The molecule has 1 aromatic carbocycles. The van der Waals surface area contributed by atoms with Crippen LogP contribution in [0.5, 0.6) is 5.75 Å². The molecule has 2 atom stereocenters. The highest BCUT2D eigenvalue weighted by Crippen LogP contribution is 2.38. The van der Waals surface area contributed by atoms with E-state index in [-0.39, 0.29) is 22.3 Å². The molecule has 1 aliphatic carbocycles. The summed E-state index contributed by atoms with van der Waals surface area (Å²) in [5, 5.41) is 27.1. The van der Waals surface area contributed by atoms with Gasteiger partial charge in [-0.3, -0.25) is 0 Å². The molecule has 2 aromatic rings. The summed E-state index contributed by atoms with van der Waals surface area (Å²) in [6.07, 6.45) is -3.32. The Kier molecular flexibility index (Phi) is 6.55. The number of pyridine rings is 1. The van der Waals surface area contributed by atoms with Gasteiger partial charge >= 0.3 is 6.18 Å². The number of halogens is 3. The lowest BCUT2D eigenvalue weighted by molar-refractivity contribution is -0.137. The van der Waals surface area contributed by atoms with E-state index in [1.54, 1.807) is 0 Å². The number of aromatic nitrogens is 1. The van der Waals surface area contributed by atoms with E-state index in [1.165, 1.54) is 12.1 Å². The molecule has 0 bridgehead atoms. The summed E-state index contributed by atoms with van der Waals surface area (Å²) in [7, 11) is -9.20. The molecule has 0 spiro atoms. The number of β-amino-alcohol motifs (C(OH)–C–C–N with tert-alkyl or cyclic N) is 1. The maximum absolute atomic E-state index is 13.5. The van der Waals surface area contributed by atoms with Crippen LogP contribution in [0.15, 0.2) is 46.5 Å². The topological polar surface area (TPSA) is 158 Å². The number of nitrogens with zero attached hydrogens (tertiary/aromatic N) is 3. The summed E-state index contributed by atoms with van der Waals surface area (Å²) < 4.78 is 98.1. The molecular formula is C21H20F3N3O7S2. The van der Waals surface area contributed by atoms with Crippen molar-refractivity contribution in [1.82, 2.24) is 9.29 Å². The predicted molar refractivity (Wildman–Crippen MR) is 116 cm³/mol. The van der Waals surface area contributed by atoms with Crippen molar-refractivity contribution in [3.8, 4) is 11.8 Å². The molecule has 4 rings (SSSR count). The maximum atomic E-state index is 13.5. The molecule has 10 nitrogen and oxygen atoms in total. The van der Waals surface area contributed by atoms with Crippen LogP contribution in [0, 0.1) is 11.3 Å². The van der Waals surface area contributed by atoms with Crippen molar-refractivity contribution in [3.05, 3.63) is 47.7 Å². The summed E-state index contributed by atoms with van der Waals surface area (Å²) in [4.78, 5) is 3.00. The van der Waals surface area contributed by atoms with E-state index in [9.17, 15) is 40.2 Å². The summed E-state index contributed by atoms with van der Waals surface area (Å²) >= 11 is 0. The standard InChI is InChI=1S/C21H20F3N3O7S2/c22-21(23,24)14-2-6-19(26-9-14)35(30,31)18-10-27(11-20(18,29)12-28)36(32,33)17-5-1-13(8-25)7-16(17)34-15-3-4-15/h1-2,5-7,9,15,18,28-29H,3-4,10-12H2/t18?,20-/m1/s1. The fraction of sp³-hybridized carbons (Fsp3) is 0.429. The van der Waals surface area contributed by atoms with Crippen LogP contribution in [-0.2, 0) is 26.0 Å². The van der Waals surface area contributed by atoms with Crippen molar-refractivity contribution in [2.24, 2.45) is 0 Å². The van der Waals surface area contributed by atoms with Crippen LogP contribution < -0.4 is 4.74 Å².